The molecule has 1 amide bonds. The molecule has 120 valence electrons. The monoisotopic (exact) mass is 311 g/mol. The Hall–Kier alpha value is -2.62. The fourth-order valence-electron chi connectivity index (χ4n) is 2.24. The topological polar surface area (TPSA) is 33.4 Å². The van der Waals surface area contributed by atoms with Crippen LogP contribution in [-0.4, -0.2) is 31.1 Å². The lowest BCUT2D eigenvalue weighted by Crippen LogP contribution is -2.51. The first-order valence-corrected chi connectivity index (χ1v) is 7.80. The van der Waals surface area contributed by atoms with Gasteiger partial charge in [0.25, 0.3) is 0 Å². The van der Waals surface area contributed by atoms with Crippen molar-refractivity contribution in [3.63, 3.8) is 0 Å². The molecule has 0 saturated heterocycles. The fourth-order valence-corrected chi connectivity index (χ4v) is 2.24. The van der Waals surface area contributed by atoms with Crippen molar-refractivity contribution < 1.29 is 14.1 Å². The van der Waals surface area contributed by atoms with E-state index >= 15 is 0 Å². The number of aromatic nitrogens is 1. The van der Waals surface area contributed by atoms with Crippen LogP contribution in [0.4, 0.5) is 4.79 Å². The minimum Gasteiger partial charge on any atom is -0.497 e. The summed E-state index contributed by atoms with van der Waals surface area (Å²) in [6.07, 6.45) is 7.65. The van der Waals surface area contributed by atoms with Crippen LogP contribution in [0.1, 0.15) is 25.0 Å². The van der Waals surface area contributed by atoms with Gasteiger partial charge in [-0.3, -0.25) is 0 Å². The Kier molecular flexibility index (Phi) is 5.92. The van der Waals surface area contributed by atoms with Crippen LogP contribution >= 0.6 is 0 Å². The summed E-state index contributed by atoms with van der Waals surface area (Å²) in [5.41, 5.74) is 2.14. The first kappa shape index (κ1) is 16.7. The van der Waals surface area contributed by atoms with E-state index in [2.05, 4.69) is 0 Å². The number of benzene rings is 1. The molecule has 0 aliphatic heterocycles. The maximum absolute atomic E-state index is 12.2. The molecule has 0 bridgehead atoms. The molecule has 1 aromatic heterocycles. The van der Waals surface area contributed by atoms with Gasteiger partial charge in [-0.2, -0.15) is 9.36 Å². The van der Waals surface area contributed by atoms with Gasteiger partial charge in [-0.1, -0.05) is 24.3 Å². The number of carbonyl (C=O) groups is 1. The van der Waals surface area contributed by atoms with Gasteiger partial charge in [0.1, 0.15) is 5.75 Å². The molecule has 0 radical (unpaired) electrons. The summed E-state index contributed by atoms with van der Waals surface area (Å²) >= 11 is 0. The maximum Gasteiger partial charge on any atom is 0.497 e. The minimum absolute atomic E-state index is 0.000633. The zero-order valence-electron chi connectivity index (χ0n) is 13.9. The van der Waals surface area contributed by atoms with Crippen LogP contribution in [0.2, 0.25) is 0 Å². The molecule has 23 heavy (non-hydrogen) atoms. The summed E-state index contributed by atoms with van der Waals surface area (Å²) in [6.45, 7) is 5.38. The molecule has 0 aliphatic rings. The van der Waals surface area contributed by atoms with Crippen molar-refractivity contribution >= 4 is 18.2 Å². The van der Waals surface area contributed by atoms with Crippen LogP contribution < -0.4 is 9.30 Å². The van der Waals surface area contributed by atoms with Crippen LogP contribution in [0.15, 0.2) is 48.8 Å². The number of amides is 1. The largest absolute Gasteiger partial charge is 0.497 e. The van der Waals surface area contributed by atoms with E-state index in [1.807, 2.05) is 62.4 Å². The predicted molar refractivity (Wildman–Crippen MR) is 92.3 cm³/mol. The molecule has 4 heteroatoms. The average Bonchev–Trinajstić information content (AvgIpc) is 2.61. The van der Waals surface area contributed by atoms with Gasteiger partial charge in [0.15, 0.2) is 0 Å². The summed E-state index contributed by atoms with van der Waals surface area (Å²) in [5.74, 6) is 0.845. The summed E-state index contributed by atoms with van der Waals surface area (Å²) in [5, 5.41) is 0. The van der Waals surface area contributed by atoms with Gasteiger partial charge in [-0.25, -0.2) is 4.90 Å². The molecule has 2 aromatic rings. The van der Waals surface area contributed by atoms with Crippen molar-refractivity contribution in [1.29, 1.82) is 0 Å². The third-order valence-electron chi connectivity index (χ3n) is 3.69. The number of pyridine rings is 1. The molecule has 1 aromatic carbocycles. The molecule has 0 spiro atoms. The number of ether oxygens (including phenoxy) is 1. The zero-order valence-corrected chi connectivity index (χ0v) is 13.9. The standard InChI is InChI=1S/C19H23N2O2/c1-4-20(5-2)19(22)21-14-12-17(13-15-21)7-6-16-8-10-18(23-3)11-9-16/h6-15H,4-5H2,1-3H3/q+1/b7-6-. The van der Waals surface area contributed by atoms with E-state index in [1.54, 1.807) is 29.0 Å². The second-order valence-corrected chi connectivity index (χ2v) is 5.10. The van der Waals surface area contributed by atoms with Crippen LogP contribution in [-0.2, 0) is 0 Å². The molecule has 0 saturated carbocycles. The van der Waals surface area contributed by atoms with Crippen molar-refractivity contribution in [2.45, 2.75) is 13.8 Å². The van der Waals surface area contributed by atoms with E-state index in [0.29, 0.717) is 13.1 Å². The molecule has 4 nitrogen and oxygen atoms in total. The Balaban J connectivity index is 2.07. The number of nitrogens with zero attached hydrogens (tertiary/aromatic N) is 2. The molecule has 0 aliphatic carbocycles. The molecule has 0 fully saturated rings. The Morgan fingerprint density at radius 3 is 2.00 bits per heavy atom. The van der Waals surface area contributed by atoms with Crippen molar-refractivity contribution in [2.24, 2.45) is 0 Å². The van der Waals surface area contributed by atoms with Gasteiger partial charge < -0.3 is 4.74 Å². The van der Waals surface area contributed by atoms with E-state index in [0.717, 1.165) is 16.9 Å². The van der Waals surface area contributed by atoms with E-state index in [4.69, 9.17) is 4.74 Å². The SMILES string of the molecule is CCN(CC)C(=O)[n+]1ccc(/C=C\c2ccc(OC)cc2)cc1. The van der Waals surface area contributed by atoms with Crippen LogP contribution in [0.3, 0.4) is 0 Å². The average molecular weight is 311 g/mol. The summed E-state index contributed by atoms with van der Waals surface area (Å²) in [6, 6.07) is 11.7. The van der Waals surface area contributed by atoms with E-state index in [9.17, 15) is 4.79 Å². The quantitative estimate of drug-likeness (QED) is 0.792. The number of rotatable bonds is 5. The van der Waals surface area contributed by atoms with E-state index in [1.165, 1.54) is 0 Å². The molecule has 0 atom stereocenters. The van der Waals surface area contributed by atoms with Gasteiger partial charge >= 0.3 is 6.03 Å². The van der Waals surface area contributed by atoms with Gasteiger partial charge in [-0.05, 0) is 49.2 Å². The normalized spacial score (nSPS) is 10.7. The lowest BCUT2D eigenvalue weighted by molar-refractivity contribution is -0.578. The first-order valence-electron chi connectivity index (χ1n) is 7.80. The van der Waals surface area contributed by atoms with Crippen LogP contribution in [0.25, 0.3) is 12.2 Å². The second-order valence-electron chi connectivity index (χ2n) is 5.10. The predicted octanol–water partition coefficient (Wildman–Crippen LogP) is 3.46. The lowest BCUT2D eigenvalue weighted by atomic mass is 10.1. The smallest absolute Gasteiger partial charge is 0.497 e. The molecule has 2 rings (SSSR count). The Morgan fingerprint density at radius 2 is 1.52 bits per heavy atom. The lowest BCUT2D eigenvalue weighted by Gasteiger charge is -2.10. The number of hydrogen-bond acceptors (Lipinski definition) is 2. The van der Waals surface area contributed by atoms with E-state index in [-0.39, 0.29) is 6.03 Å². The zero-order chi connectivity index (χ0) is 16.7. The van der Waals surface area contributed by atoms with Crippen molar-refractivity contribution in [3.05, 3.63) is 59.9 Å². The Bertz CT molecular complexity index is 657. The van der Waals surface area contributed by atoms with Gasteiger partial charge in [0.2, 0.25) is 0 Å². The highest BCUT2D eigenvalue weighted by Crippen LogP contribution is 2.13. The highest BCUT2D eigenvalue weighted by Gasteiger charge is 2.20. The highest BCUT2D eigenvalue weighted by molar-refractivity contribution is 5.70. The number of methoxy groups -OCH3 is 1. The fraction of sp³-hybridized carbons (Fsp3) is 0.263. The Morgan fingerprint density at radius 1 is 1.00 bits per heavy atom. The third kappa shape index (κ3) is 4.42. The van der Waals surface area contributed by atoms with Crippen molar-refractivity contribution in [1.82, 2.24) is 4.90 Å². The molecular formula is C19H23N2O2+. The minimum atomic E-state index is 0.000633. The van der Waals surface area contributed by atoms with Crippen LogP contribution in [0, 0.1) is 0 Å². The highest BCUT2D eigenvalue weighted by atomic mass is 16.5. The van der Waals surface area contributed by atoms with Crippen molar-refractivity contribution in [3.8, 4) is 5.75 Å². The Labute approximate surface area is 137 Å². The molecule has 0 unspecified atom stereocenters. The van der Waals surface area contributed by atoms with E-state index < -0.39 is 0 Å². The molecular weight excluding hydrogens is 288 g/mol. The number of carbonyl (C=O) groups excluding carboxylic acids is 1. The third-order valence-corrected chi connectivity index (χ3v) is 3.69. The summed E-state index contributed by atoms with van der Waals surface area (Å²) in [4.78, 5) is 14.0. The summed E-state index contributed by atoms with van der Waals surface area (Å²) in [7, 11) is 1.66. The van der Waals surface area contributed by atoms with Crippen molar-refractivity contribution in [2.75, 3.05) is 20.2 Å². The van der Waals surface area contributed by atoms with Gasteiger partial charge in [0, 0.05) is 0 Å². The maximum atomic E-state index is 12.2. The van der Waals surface area contributed by atoms with Gasteiger partial charge in [-0.15, -0.1) is 0 Å². The first-order chi connectivity index (χ1) is 11.2. The molecule has 0 N–H and O–H groups in total. The molecule has 1 heterocycles. The second kappa shape index (κ2) is 8.13. The number of hydrogen-bond donors (Lipinski definition) is 0. The van der Waals surface area contributed by atoms with Gasteiger partial charge in [0.05, 0.1) is 32.6 Å². The van der Waals surface area contributed by atoms with Crippen LogP contribution in [0.5, 0.6) is 5.75 Å². The summed E-state index contributed by atoms with van der Waals surface area (Å²) < 4.78 is 6.75.